The molecule has 0 aromatic heterocycles. The van der Waals surface area contributed by atoms with Gasteiger partial charge in [0.1, 0.15) is 12.4 Å². The molecule has 2 rings (SSSR count). The van der Waals surface area contributed by atoms with Crippen LogP contribution in [-0.2, 0) is 9.53 Å². The SMILES string of the molecule is CC(=O)Nc1ccc(O)cc1.CCN(CC)CCOC(=O)c1ccc(N)cc1Cl. The Kier molecular flexibility index (Phi) is 10.6. The molecule has 0 saturated heterocycles. The van der Waals surface area contributed by atoms with Gasteiger partial charge in [-0.25, -0.2) is 4.79 Å². The van der Waals surface area contributed by atoms with Gasteiger partial charge in [0.2, 0.25) is 5.91 Å². The van der Waals surface area contributed by atoms with Crippen molar-refractivity contribution >= 4 is 34.9 Å². The summed E-state index contributed by atoms with van der Waals surface area (Å²) in [5.41, 5.74) is 7.13. The quantitative estimate of drug-likeness (QED) is 0.357. The second-order valence-corrected chi connectivity index (χ2v) is 6.54. The van der Waals surface area contributed by atoms with Crippen molar-refractivity contribution in [2.45, 2.75) is 20.8 Å². The molecule has 4 N–H and O–H groups in total. The van der Waals surface area contributed by atoms with Crippen LogP contribution in [0.25, 0.3) is 0 Å². The van der Waals surface area contributed by atoms with Crippen LogP contribution in [0.4, 0.5) is 11.4 Å². The average Bonchev–Trinajstić information content (AvgIpc) is 2.67. The Bertz CT molecular complexity index is 793. The molecule has 8 heteroatoms. The molecule has 0 aliphatic carbocycles. The number of likely N-dealkylation sites (N-methyl/N-ethyl adjacent to an activating group) is 1. The maximum Gasteiger partial charge on any atom is 0.339 e. The molecule has 0 aliphatic heterocycles. The van der Waals surface area contributed by atoms with Gasteiger partial charge in [-0.1, -0.05) is 25.4 Å². The molecule has 0 heterocycles. The number of nitrogens with two attached hydrogens (primary N) is 1. The van der Waals surface area contributed by atoms with Gasteiger partial charge in [-0.15, -0.1) is 0 Å². The number of hydrogen-bond acceptors (Lipinski definition) is 6. The van der Waals surface area contributed by atoms with Gasteiger partial charge < -0.3 is 25.8 Å². The van der Waals surface area contributed by atoms with Crippen molar-refractivity contribution in [1.82, 2.24) is 4.90 Å². The number of carbonyl (C=O) groups excluding carboxylic acids is 2. The van der Waals surface area contributed by atoms with Crippen LogP contribution in [0.15, 0.2) is 42.5 Å². The van der Waals surface area contributed by atoms with Crippen LogP contribution in [0.5, 0.6) is 5.75 Å². The number of amides is 1. The van der Waals surface area contributed by atoms with Crippen molar-refractivity contribution in [2.24, 2.45) is 0 Å². The van der Waals surface area contributed by atoms with Crippen LogP contribution in [0, 0.1) is 0 Å². The number of esters is 1. The third-order valence-corrected chi connectivity index (χ3v) is 4.25. The number of rotatable bonds is 7. The minimum atomic E-state index is -0.410. The summed E-state index contributed by atoms with van der Waals surface area (Å²) < 4.78 is 5.18. The van der Waals surface area contributed by atoms with E-state index in [9.17, 15) is 9.59 Å². The Balaban J connectivity index is 0.000000326. The fourth-order valence-corrected chi connectivity index (χ4v) is 2.60. The number of phenolic OH excluding ortho intramolecular Hbond substituents is 1. The van der Waals surface area contributed by atoms with E-state index >= 15 is 0 Å². The molecule has 158 valence electrons. The molecule has 0 unspecified atom stereocenters. The first kappa shape index (κ1) is 24.3. The first-order chi connectivity index (χ1) is 13.8. The Morgan fingerprint density at radius 3 is 2.28 bits per heavy atom. The highest BCUT2D eigenvalue weighted by atomic mass is 35.5. The number of benzene rings is 2. The lowest BCUT2D eigenvalue weighted by Crippen LogP contribution is -2.27. The van der Waals surface area contributed by atoms with Crippen LogP contribution in [0.2, 0.25) is 5.02 Å². The lowest BCUT2D eigenvalue weighted by molar-refractivity contribution is -0.114. The molecule has 1 amide bonds. The third kappa shape index (κ3) is 9.32. The zero-order chi connectivity index (χ0) is 21.8. The predicted molar refractivity (Wildman–Crippen MR) is 116 cm³/mol. The van der Waals surface area contributed by atoms with Crippen molar-refractivity contribution in [2.75, 3.05) is 37.3 Å². The zero-order valence-electron chi connectivity index (χ0n) is 16.9. The number of aromatic hydroxyl groups is 1. The fourth-order valence-electron chi connectivity index (χ4n) is 2.33. The molecule has 2 aromatic carbocycles. The first-order valence-electron chi connectivity index (χ1n) is 9.27. The lowest BCUT2D eigenvalue weighted by atomic mass is 10.2. The lowest BCUT2D eigenvalue weighted by Gasteiger charge is -2.17. The summed E-state index contributed by atoms with van der Waals surface area (Å²) in [4.78, 5) is 24.5. The first-order valence-corrected chi connectivity index (χ1v) is 9.65. The maximum atomic E-state index is 11.8. The van der Waals surface area contributed by atoms with Gasteiger partial charge in [0.05, 0.1) is 10.6 Å². The minimum absolute atomic E-state index is 0.115. The van der Waals surface area contributed by atoms with E-state index in [2.05, 4.69) is 24.1 Å². The molecular weight excluding hydrogens is 394 g/mol. The summed E-state index contributed by atoms with van der Waals surface area (Å²) in [5.74, 6) is -0.332. The van der Waals surface area contributed by atoms with Crippen molar-refractivity contribution in [3.63, 3.8) is 0 Å². The molecule has 29 heavy (non-hydrogen) atoms. The van der Waals surface area contributed by atoms with E-state index in [4.69, 9.17) is 27.2 Å². The van der Waals surface area contributed by atoms with Crippen molar-refractivity contribution < 1.29 is 19.4 Å². The van der Waals surface area contributed by atoms with Gasteiger partial charge in [0.15, 0.2) is 0 Å². The van der Waals surface area contributed by atoms with E-state index in [0.29, 0.717) is 28.6 Å². The van der Waals surface area contributed by atoms with Crippen LogP contribution in [0.1, 0.15) is 31.1 Å². The van der Waals surface area contributed by atoms with E-state index in [1.54, 1.807) is 30.3 Å². The van der Waals surface area contributed by atoms with E-state index in [-0.39, 0.29) is 11.7 Å². The Hall–Kier alpha value is -2.77. The summed E-state index contributed by atoms with van der Waals surface area (Å²) in [6.07, 6.45) is 0. The third-order valence-electron chi connectivity index (χ3n) is 3.94. The summed E-state index contributed by atoms with van der Waals surface area (Å²) >= 11 is 5.93. The molecule has 2 aromatic rings. The van der Waals surface area contributed by atoms with Gasteiger partial charge in [0, 0.05) is 24.8 Å². The Morgan fingerprint density at radius 1 is 1.14 bits per heavy atom. The number of nitrogens with zero attached hydrogens (tertiary/aromatic N) is 1. The van der Waals surface area contributed by atoms with E-state index in [1.165, 1.54) is 19.1 Å². The predicted octanol–water partition coefficient (Wildman–Crippen LogP) is 3.77. The van der Waals surface area contributed by atoms with E-state index in [1.807, 2.05) is 0 Å². The summed E-state index contributed by atoms with van der Waals surface area (Å²) in [6.45, 7) is 8.55. The van der Waals surface area contributed by atoms with Crippen LogP contribution in [0.3, 0.4) is 0 Å². The largest absolute Gasteiger partial charge is 0.508 e. The highest BCUT2D eigenvalue weighted by Gasteiger charge is 2.12. The number of ether oxygens (including phenoxy) is 1. The van der Waals surface area contributed by atoms with Gasteiger partial charge >= 0.3 is 5.97 Å². The molecule has 0 radical (unpaired) electrons. The van der Waals surface area contributed by atoms with Crippen LogP contribution < -0.4 is 11.1 Å². The van der Waals surface area contributed by atoms with Crippen LogP contribution in [-0.4, -0.2) is 48.1 Å². The molecule has 0 fully saturated rings. The monoisotopic (exact) mass is 421 g/mol. The normalized spacial score (nSPS) is 10.1. The molecule has 0 spiro atoms. The van der Waals surface area contributed by atoms with Crippen molar-refractivity contribution in [1.29, 1.82) is 0 Å². The summed E-state index contributed by atoms with van der Waals surface area (Å²) in [6, 6.07) is 11.1. The molecule has 0 atom stereocenters. The minimum Gasteiger partial charge on any atom is -0.508 e. The highest BCUT2D eigenvalue weighted by molar-refractivity contribution is 6.33. The number of anilines is 2. The van der Waals surface area contributed by atoms with Gasteiger partial charge in [-0.05, 0) is 55.6 Å². The second-order valence-electron chi connectivity index (χ2n) is 6.13. The van der Waals surface area contributed by atoms with Crippen molar-refractivity contribution in [3.8, 4) is 5.75 Å². The zero-order valence-corrected chi connectivity index (χ0v) is 17.7. The number of halogens is 1. The molecule has 0 saturated carbocycles. The highest BCUT2D eigenvalue weighted by Crippen LogP contribution is 2.19. The van der Waals surface area contributed by atoms with Crippen LogP contribution >= 0.6 is 11.6 Å². The summed E-state index contributed by atoms with van der Waals surface area (Å²) in [5, 5.41) is 11.8. The Morgan fingerprint density at radius 2 is 1.76 bits per heavy atom. The summed E-state index contributed by atoms with van der Waals surface area (Å²) in [7, 11) is 0. The van der Waals surface area contributed by atoms with Gasteiger partial charge in [-0.3, -0.25) is 4.79 Å². The number of carbonyl (C=O) groups is 2. The van der Waals surface area contributed by atoms with E-state index in [0.717, 1.165) is 19.6 Å². The average molecular weight is 422 g/mol. The second kappa shape index (κ2) is 12.6. The van der Waals surface area contributed by atoms with Gasteiger partial charge in [0.25, 0.3) is 0 Å². The molecular formula is C21H28ClN3O4. The smallest absolute Gasteiger partial charge is 0.339 e. The topological polar surface area (TPSA) is 105 Å². The fraction of sp³-hybridized carbons (Fsp3) is 0.333. The molecule has 0 aliphatic rings. The Labute approximate surface area is 176 Å². The van der Waals surface area contributed by atoms with E-state index < -0.39 is 5.97 Å². The standard InChI is InChI=1S/C13H19ClN2O2.C8H9NO2/c1-3-16(4-2)7-8-18-13(17)11-6-5-10(15)9-12(11)14;1-6(10)9-7-2-4-8(11)5-3-7/h5-6,9H,3-4,7-8,15H2,1-2H3;2-5,11H,1H3,(H,9,10). The van der Waals surface area contributed by atoms with Crippen molar-refractivity contribution in [3.05, 3.63) is 53.1 Å². The number of phenols is 1. The number of nitrogens with one attached hydrogen (secondary N) is 1. The number of hydrogen-bond donors (Lipinski definition) is 3. The van der Waals surface area contributed by atoms with Gasteiger partial charge in [-0.2, -0.15) is 0 Å². The maximum absolute atomic E-state index is 11.8. The number of nitrogen functional groups attached to an aromatic ring is 1. The molecule has 7 nitrogen and oxygen atoms in total. The molecule has 0 bridgehead atoms.